The van der Waals surface area contributed by atoms with Gasteiger partial charge in [0.05, 0.1) is 18.5 Å². The predicted octanol–water partition coefficient (Wildman–Crippen LogP) is 4.56. The lowest BCUT2D eigenvalue weighted by atomic mass is 10.1. The standard InChI is InChI=1S/C25H24ClN3O3/c1-32-21-6-4-5-19(17-21)24(30)27-22-7-2-3-8-23(22)28-13-15-29(16-14-28)25(31)18-9-11-20(26)12-10-18/h2-12,17H,13-16H2,1H3,(H,27,30). The van der Waals surface area contributed by atoms with Crippen molar-refractivity contribution in [2.75, 3.05) is 43.5 Å². The zero-order valence-corrected chi connectivity index (χ0v) is 18.5. The summed E-state index contributed by atoms with van der Waals surface area (Å²) in [5.74, 6) is 0.432. The van der Waals surface area contributed by atoms with Crippen LogP contribution in [0.4, 0.5) is 11.4 Å². The van der Waals surface area contributed by atoms with E-state index < -0.39 is 0 Å². The molecule has 3 aromatic rings. The lowest BCUT2D eigenvalue weighted by Crippen LogP contribution is -2.49. The molecule has 0 unspecified atom stereocenters. The Morgan fingerprint density at radius 1 is 0.875 bits per heavy atom. The molecule has 1 aliphatic heterocycles. The maximum Gasteiger partial charge on any atom is 0.255 e. The topological polar surface area (TPSA) is 61.9 Å². The van der Waals surface area contributed by atoms with E-state index in [0.29, 0.717) is 48.1 Å². The van der Waals surface area contributed by atoms with E-state index in [9.17, 15) is 9.59 Å². The zero-order chi connectivity index (χ0) is 22.5. The molecule has 0 radical (unpaired) electrons. The summed E-state index contributed by atoms with van der Waals surface area (Å²) in [6.07, 6.45) is 0. The van der Waals surface area contributed by atoms with E-state index in [4.69, 9.17) is 16.3 Å². The Kier molecular flexibility index (Phi) is 6.61. The SMILES string of the molecule is COc1cccc(C(=O)Nc2ccccc2N2CCN(C(=O)c3ccc(Cl)cc3)CC2)c1. The first kappa shape index (κ1) is 21.7. The number of methoxy groups -OCH3 is 1. The Morgan fingerprint density at radius 3 is 2.31 bits per heavy atom. The van der Waals surface area contributed by atoms with E-state index >= 15 is 0 Å². The van der Waals surface area contributed by atoms with Crippen LogP contribution in [0.25, 0.3) is 0 Å². The lowest BCUT2D eigenvalue weighted by Gasteiger charge is -2.37. The molecule has 32 heavy (non-hydrogen) atoms. The fourth-order valence-electron chi connectivity index (χ4n) is 3.74. The first-order chi connectivity index (χ1) is 15.5. The van der Waals surface area contributed by atoms with Crippen molar-refractivity contribution >= 4 is 34.8 Å². The van der Waals surface area contributed by atoms with Crippen molar-refractivity contribution in [2.45, 2.75) is 0 Å². The first-order valence-corrected chi connectivity index (χ1v) is 10.8. The Balaban J connectivity index is 1.43. The quantitative estimate of drug-likeness (QED) is 0.620. The molecule has 1 aliphatic rings. The summed E-state index contributed by atoms with van der Waals surface area (Å²) in [7, 11) is 1.57. The smallest absolute Gasteiger partial charge is 0.255 e. The number of amides is 2. The second-order valence-electron chi connectivity index (χ2n) is 7.49. The number of carbonyl (C=O) groups is 2. The molecule has 0 aromatic heterocycles. The first-order valence-electron chi connectivity index (χ1n) is 10.4. The predicted molar refractivity (Wildman–Crippen MR) is 127 cm³/mol. The van der Waals surface area contributed by atoms with Gasteiger partial charge in [0.2, 0.25) is 0 Å². The molecule has 1 heterocycles. The van der Waals surface area contributed by atoms with E-state index in [2.05, 4.69) is 10.2 Å². The Labute approximate surface area is 192 Å². The van der Waals surface area contributed by atoms with Crippen LogP contribution < -0.4 is 15.0 Å². The van der Waals surface area contributed by atoms with E-state index in [0.717, 1.165) is 11.4 Å². The number of halogens is 1. The number of benzene rings is 3. The average molecular weight is 450 g/mol. The van der Waals surface area contributed by atoms with Crippen LogP contribution in [0, 0.1) is 0 Å². The number of para-hydroxylation sites is 2. The number of nitrogens with one attached hydrogen (secondary N) is 1. The summed E-state index contributed by atoms with van der Waals surface area (Å²) < 4.78 is 5.21. The van der Waals surface area contributed by atoms with Gasteiger partial charge in [0, 0.05) is 42.3 Å². The van der Waals surface area contributed by atoms with Crippen LogP contribution in [0.5, 0.6) is 5.75 Å². The van der Waals surface area contributed by atoms with Gasteiger partial charge in [-0.1, -0.05) is 29.8 Å². The van der Waals surface area contributed by atoms with E-state index in [-0.39, 0.29) is 11.8 Å². The van der Waals surface area contributed by atoms with Gasteiger partial charge in [-0.2, -0.15) is 0 Å². The third-order valence-electron chi connectivity index (χ3n) is 5.48. The maximum atomic E-state index is 12.8. The van der Waals surface area contributed by atoms with Gasteiger partial charge in [-0.25, -0.2) is 0 Å². The summed E-state index contributed by atoms with van der Waals surface area (Å²) in [5, 5.41) is 3.62. The highest BCUT2D eigenvalue weighted by molar-refractivity contribution is 6.30. The Bertz CT molecular complexity index is 1110. The molecule has 1 saturated heterocycles. The van der Waals surface area contributed by atoms with Crippen molar-refractivity contribution in [1.29, 1.82) is 0 Å². The molecule has 1 N–H and O–H groups in total. The molecule has 0 saturated carbocycles. The van der Waals surface area contributed by atoms with E-state index in [1.54, 1.807) is 55.6 Å². The molecule has 0 spiro atoms. The highest BCUT2D eigenvalue weighted by Gasteiger charge is 2.24. The lowest BCUT2D eigenvalue weighted by molar-refractivity contribution is 0.0746. The van der Waals surface area contributed by atoms with Gasteiger partial charge in [0.25, 0.3) is 11.8 Å². The van der Waals surface area contributed by atoms with Crippen molar-refractivity contribution < 1.29 is 14.3 Å². The number of piperazine rings is 1. The minimum absolute atomic E-state index is 0.000861. The van der Waals surface area contributed by atoms with Crippen LogP contribution in [0.2, 0.25) is 5.02 Å². The molecule has 164 valence electrons. The summed E-state index contributed by atoms with van der Waals surface area (Å²) in [6, 6.07) is 21.7. The van der Waals surface area contributed by atoms with Crippen LogP contribution in [0.15, 0.2) is 72.8 Å². The second kappa shape index (κ2) is 9.75. The molecule has 0 atom stereocenters. The monoisotopic (exact) mass is 449 g/mol. The van der Waals surface area contributed by atoms with Crippen molar-refractivity contribution in [2.24, 2.45) is 0 Å². The minimum atomic E-state index is -0.201. The molecule has 1 fully saturated rings. The van der Waals surface area contributed by atoms with E-state index in [1.165, 1.54) is 0 Å². The molecule has 3 aromatic carbocycles. The average Bonchev–Trinajstić information content (AvgIpc) is 2.84. The Morgan fingerprint density at radius 2 is 1.59 bits per heavy atom. The summed E-state index contributed by atoms with van der Waals surface area (Å²) >= 11 is 5.93. The summed E-state index contributed by atoms with van der Waals surface area (Å²) in [5.41, 5.74) is 2.83. The zero-order valence-electron chi connectivity index (χ0n) is 17.8. The van der Waals surface area contributed by atoms with Crippen molar-refractivity contribution in [3.63, 3.8) is 0 Å². The molecule has 2 amide bonds. The van der Waals surface area contributed by atoms with Gasteiger partial charge in [0.1, 0.15) is 5.75 Å². The van der Waals surface area contributed by atoms with Gasteiger partial charge in [-0.05, 0) is 54.6 Å². The summed E-state index contributed by atoms with van der Waals surface area (Å²) in [4.78, 5) is 29.6. The van der Waals surface area contributed by atoms with Crippen molar-refractivity contribution in [3.05, 3.63) is 88.9 Å². The molecule has 4 rings (SSSR count). The number of anilines is 2. The number of rotatable bonds is 5. The molecular formula is C25H24ClN3O3. The van der Waals surface area contributed by atoms with Crippen molar-refractivity contribution in [3.8, 4) is 5.75 Å². The third-order valence-corrected chi connectivity index (χ3v) is 5.73. The minimum Gasteiger partial charge on any atom is -0.497 e. The third kappa shape index (κ3) is 4.86. The largest absolute Gasteiger partial charge is 0.497 e. The van der Waals surface area contributed by atoms with Gasteiger partial charge in [0.15, 0.2) is 0 Å². The van der Waals surface area contributed by atoms with Crippen LogP contribution in [0.3, 0.4) is 0 Å². The number of hydrogen-bond donors (Lipinski definition) is 1. The molecule has 7 heteroatoms. The number of ether oxygens (including phenoxy) is 1. The number of carbonyl (C=O) groups excluding carboxylic acids is 2. The molecule has 6 nitrogen and oxygen atoms in total. The van der Waals surface area contributed by atoms with Gasteiger partial charge < -0.3 is 19.9 Å². The van der Waals surface area contributed by atoms with Crippen LogP contribution in [-0.2, 0) is 0 Å². The fourth-order valence-corrected chi connectivity index (χ4v) is 3.87. The number of nitrogens with zero attached hydrogens (tertiary/aromatic N) is 2. The molecule has 0 aliphatic carbocycles. The van der Waals surface area contributed by atoms with Crippen LogP contribution in [0.1, 0.15) is 20.7 Å². The Hall–Kier alpha value is -3.51. The van der Waals surface area contributed by atoms with E-state index in [1.807, 2.05) is 29.2 Å². The van der Waals surface area contributed by atoms with Gasteiger partial charge in [-0.3, -0.25) is 9.59 Å². The normalized spacial score (nSPS) is 13.6. The number of hydrogen-bond acceptors (Lipinski definition) is 4. The van der Waals surface area contributed by atoms with Gasteiger partial charge >= 0.3 is 0 Å². The second-order valence-corrected chi connectivity index (χ2v) is 7.93. The summed E-state index contributed by atoms with van der Waals surface area (Å²) in [6.45, 7) is 2.54. The van der Waals surface area contributed by atoms with Crippen LogP contribution in [-0.4, -0.2) is 50.0 Å². The highest BCUT2D eigenvalue weighted by Crippen LogP contribution is 2.28. The molecular weight excluding hydrogens is 426 g/mol. The van der Waals surface area contributed by atoms with Crippen LogP contribution >= 0.6 is 11.6 Å². The molecule has 0 bridgehead atoms. The fraction of sp³-hybridized carbons (Fsp3) is 0.200. The highest BCUT2D eigenvalue weighted by atomic mass is 35.5. The van der Waals surface area contributed by atoms with Crippen molar-refractivity contribution in [1.82, 2.24) is 4.90 Å². The maximum absolute atomic E-state index is 12.8. The van der Waals surface area contributed by atoms with Gasteiger partial charge in [-0.15, -0.1) is 0 Å².